The predicted octanol–water partition coefficient (Wildman–Crippen LogP) is 1.25. The number of rotatable bonds is 6. The van der Waals surface area contributed by atoms with E-state index >= 15 is 0 Å². The molecule has 2 rings (SSSR count). The number of aliphatic hydroxyl groups excluding tert-OH is 1. The molecule has 1 fully saturated rings. The molecule has 6 heteroatoms. The molecule has 2 atom stereocenters. The Morgan fingerprint density at radius 3 is 2.52 bits per heavy atom. The summed E-state index contributed by atoms with van der Waals surface area (Å²) in [7, 11) is -1.05. The van der Waals surface area contributed by atoms with E-state index in [1.54, 1.807) is 30.5 Å². The van der Waals surface area contributed by atoms with Crippen LogP contribution in [0.15, 0.2) is 29.2 Å². The fraction of sp³-hybridized carbons (Fsp3) is 0.588. The number of benzene rings is 1. The van der Waals surface area contributed by atoms with E-state index in [-0.39, 0.29) is 12.5 Å². The smallest absolute Gasteiger partial charge is 0.251 e. The molecule has 23 heavy (non-hydrogen) atoms. The monoisotopic (exact) mass is 338 g/mol. The zero-order valence-electron chi connectivity index (χ0n) is 13.8. The zero-order chi connectivity index (χ0) is 16.8. The van der Waals surface area contributed by atoms with Crippen LogP contribution in [0.3, 0.4) is 0 Å². The molecule has 0 aliphatic carbocycles. The minimum atomic E-state index is -1.05. The molecule has 2 unspecified atom stereocenters. The first kappa shape index (κ1) is 18.1. The van der Waals surface area contributed by atoms with E-state index in [1.807, 2.05) is 0 Å². The van der Waals surface area contributed by atoms with Crippen molar-refractivity contribution in [3.63, 3.8) is 0 Å². The molecule has 1 saturated heterocycles. The Balaban J connectivity index is 1.76. The zero-order valence-corrected chi connectivity index (χ0v) is 14.6. The quantitative estimate of drug-likeness (QED) is 0.819. The van der Waals surface area contributed by atoms with Crippen molar-refractivity contribution >= 4 is 16.7 Å². The molecular weight excluding hydrogens is 312 g/mol. The van der Waals surface area contributed by atoms with Crippen LogP contribution in [0.1, 0.15) is 30.1 Å². The second-order valence-corrected chi connectivity index (χ2v) is 7.71. The fourth-order valence-corrected chi connectivity index (χ4v) is 3.24. The number of carbonyl (C=O) groups excluding carboxylic acids is 1. The Hall–Kier alpha value is -1.24. The third kappa shape index (κ3) is 5.71. The first-order valence-electron chi connectivity index (χ1n) is 8.08. The summed E-state index contributed by atoms with van der Waals surface area (Å²) in [6, 6.07) is 6.70. The van der Waals surface area contributed by atoms with Gasteiger partial charge in [-0.05, 0) is 56.1 Å². The van der Waals surface area contributed by atoms with Gasteiger partial charge in [-0.2, -0.15) is 0 Å². The van der Waals surface area contributed by atoms with Crippen LogP contribution in [-0.4, -0.2) is 58.7 Å². The SMILES string of the molecule is CC1CCN(CC(O)CNC(=O)c2ccc(S(C)=O)cc2)CC1. The number of hydrogen-bond donors (Lipinski definition) is 2. The lowest BCUT2D eigenvalue weighted by atomic mass is 9.99. The lowest BCUT2D eigenvalue weighted by Gasteiger charge is -2.31. The van der Waals surface area contributed by atoms with Gasteiger partial charge in [-0.15, -0.1) is 0 Å². The number of piperidine rings is 1. The van der Waals surface area contributed by atoms with Gasteiger partial charge in [0.25, 0.3) is 5.91 Å². The Bertz CT molecular complexity index is 539. The molecule has 0 aromatic heterocycles. The van der Waals surface area contributed by atoms with Crippen molar-refractivity contribution in [3.8, 4) is 0 Å². The van der Waals surface area contributed by atoms with Gasteiger partial charge < -0.3 is 15.3 Å². The van der Waals surface area contributed by atoms with Gasteiger partial charge in [-0.1, -0.05) is 6.92 Å². The van der Waals surface area contributed by atoms with Crippen molar-refractivity contribution in [3.05, 3.63) is 29.8 Å². The number of nitrogens with zero attached hydrogens (tertiary/aromatic N) is 1. The summed E-state index contributed by atoms with van der Waals surface area (Å²) in [5, 5.41) is 12.8. The molecule has 1 heterocycles. The van der Waals surface area contributed by atoms with E-state index in [0.717, 1.165) is 19.0 Å². The van der Waals surface area contributed by atoms with Crippen LogP contribution in [0, 0.1) is 5.92 Å². The number of hydrogen-bond acceptors (Lipinski definition) is 4. The second kappa shape index (κ2) is 8.57. The summed E-state index contributed by atoms with van der Waals surface area (Å²) in [4.78, 5) is 15.0. The van der Waals surface area contributed by atoms with Gasteiger partial charge >= 0.3 is 0 Å². The van der Waals surface area contributed by atoms with Crippen LogP contribution in [0.2, 0.25) is 0 Å². The average molecular weight is 338 g/mol. The first-order valence-corrected chi connectivity index (χ1v) is 9.63. The van der Waals surface area contributed by atoms with Crippen molar-refractivity contribution < 1.29 is 14.1 Å². The van der Waals surface area contributed by atoms with E-state index in [2.05, 4.69) is 17.1 Å². The van der Waals surface area contributed by atoms with Gasteiger partial charge in [0.2, 0.25) is 0 Å². The van der Waals surface area contributed by atoms with Crippen molar-refractivity contribution in [1.29, 1.82) is 0 Å². The van der Waals surface area contributed by atoms with Gasteiger partial charge in [0.05, 0.1) is 6.10 Å². The molecule has 5 nitrogen and oxygen atoms in total. The third-order valence-corrected chi connectivity index (χ3v) is 5.23. The Labute approximate surface area is 140 Å². The highest BCUT2D eigenvalue weighted by atomic mass is 32.2. The van der Waals surface area contributed by atoms with Crippen LogP contribution in [0.4, 0.5) is 0 Å². The minimum absolute atomic E-state index is 0.218. The topological polar surface area (TPSA) is 69.6 Å². The Kier molecular flexibility index (Phi) is 6.74. The molecule has 1 aromatic rings. The maximum Gasteiger partial charge on any atom is 0.251 e. The fourth-order valence-electron chi connectivity index (χ4n) is 2.72. The summed E-state index contributed by atoms with van der Waals surface area (Å²) in [5.74, 6) is 0.549. The molecule has 0 spiro atoms. The molecule has 1 aliphatic rings. The number of β-amino-alcohol motifs (C(OH)–C–C–N with tert-alkyl or cyclic N) is 1. The Morgan fingerprint density at radius 1 is 1.35 bits per heavy atom. The highest BCUT2D eigenvalue weighted by molar-refractivity contribution is 7.84. The number of amides is 1. The van der Waals surface area contributed by atoms with Gasteiger partial charge in [0, 0.05) is 40.6 Å². The summed E-state index contributed by atoms with van der Waals surface area (Å²) in [5.41, 5.74) is 0.512. The van der Waals surface area contributed by atoms with Gasteiger partial charge in [0.15, 0.2) is 0 Å². The number of likely N-dealkylation sites (tertiary alicyclic amines) is 1. The second-order valence-electron chi connectivity index (χ2n) is 6.33. The molecule has 1 amide bonds. The molecule has 2 N–H and O–H groups in total. The Morgan fingerprint density at radius 2 is 1.96 bits per heavy atom. The standard InChI is InChI=1S/C17H26N2O3S/c1-13-7-9-19(10-8-13)12-15(20)11-18-17(21)14-3-5-16(6-4-14)23(2)22/h3-6,13,15,20H,7-12H2,1-2H3,(H,18,21). The van der Waals surface area contributed by atoms with Crippen molar-refractivity contribution in [1.82, 2.24) is 10.2 Å². The predicted molar refractivity (Wildman–Crippen MR) is 92.0 cm³/mol. The maximum atomic E-state index is 12.1. The molecule has 128 valence electrons. The van der Waals surface area contributed by atoms with Gasteiger partial charge in [-0.3, -0.25) is 9.00 Å². The summed E-state index contributed by atoms with van der Waals surface area (Å²) < 4.78 is 11.3. The summed E-state index contributed by atoms with van der Waals surface area (Å²) >= 11 is 0. The van der Waals surface area contributed by atoms with E-state index < -0.39 is 16.9 Å². The third-order valence-electron chi connectivity index (χ3n) is 4.29. The van der Waals surface area contributed by atoms with Crippen LogP contribution in [-0.2, 0) is 10.8 Å². The molecule has 0 saturated carbocycles. The largest absolute Gasteiger partial charge is 0.390 e. The van der Waals surface area contributed by atoms with Crippen molar-refractivity contribution in [2.24, 2.45) is 5.92 Å². The lowest BCUT2D eigenvalue weighted by Crippen LogP contribution is -2.43. The van der Waals surface area contributed by atoms with E-state index in [0.29, 0.717) is 17.0 Å². The minimum Gasteiger partial charge on any atom is -0.390 e. The van der Waals surface area contributed by atoms with E-state index in [9.17, 15) is 14.1 Å². The van der Waals surface area contributed by atoms with E-state index in [4.69, 9.17) is 0 Å². The van der Waals surface area contributed by atoms with Crippen LogP contribution >= 0.6 is 0 Å². The normalized spacial score (nSPS) is 19.3. The van der Waals surface area contributed by atoms with Gasteiger partial charge in [-0.25, -0.2) is 0 Å². The average Bonchev–Trinajstić information content (AvgIpc) is 2.55. The van der Waals surface area contributed by atoms with Crippen LogP contribution in [0.5, 0.6) is 0 Å². The maximum absolute atomic E-state index is 12.1. The molecule has 1 aromatic carbocycles. The van der Waals surface area contributed by atoms with Gasteiger partial charge in [0.1, 0.15) is 0 Å². The van der Waals surface area contributed by atoms with Crippen LogP contribution < -0.4 is 5.32 Å². The van der Waals surface area contributed by atoms with Crippen molar-refractivity contribution in [2.45, 2.75) is 30.8 Å². The first-order chi connectivity index (χ1) is 11.0. The number of carbonyl (C=O) groups is 1. The highest BCUT2D eigenvalue weighted by Gasteiger charge is 2.18. The van der Waals surface area contributed by atoms with Crippen molar-refractivity contribution in [2.75, 3.05) is 32.4 Å². The molecular formula is C17H26N2O3S. The number of nitrogens with one attached hydrogen (secondary N) is 1. The highest BCUT2D eigenvalue weighted by Crippen LogP contribution is 2.15. The van der Waals surface area contributed by atoms with Crippen LogP contribution in [0.25, 0.3) is 0 Å². The lowest BCUT2D eigenvalue weighted by molar-refractivity contribution is 0.0795. The summed E-state index contributed by atoms with van der Waals surface area (Å²) in [6.07, 6.45) is 3.39. The van der Waals surface area contributed by atoms with E-state index in [1.165, 1.54) is 12.8 Å². The molecule has 1 aliphatic heterocycles. The molecule has 0 bridgehead atoms. The summed E-state index contributed by atoms with van der Waals surface area (Å²) in [6.45, 7) is 5.13. The molecule has 0 radical (unpaired) electrons. The number of aliphatic hydroxyl groups is 1.